The van der Waals surface area contributed by atoms with Gasteiger partial charge in [-0.2, -0.15) is 0 Å². The maximum absolute atomic E-state index is 5.34. The number of rotatable bonds is 7. The van der Waals surface area contributed by atoms with E-state index in [1.807, 2.05) is 12.1 Å². The van der Waals surface area contributed by atoms with Gasteiger partial charge in [0, 0.05) is 31.6 Å². The molecule has 0 radical (unpaired) electrons. The quantitative estimate of drug-likeness (QED) is 0.714. The molecule has 0 aromatic carbocycles. The molecule has 1 aliphatic carbocycles. The van der Waals surface area contributed by atoms with Crippen LogP contribution in [0, 0.1) is 0 Å². The van der Waals surface area contributed by atoms with E-state index >= 15 is 0 Å². The number of furan rings is 1. The number of nitrogens with one attached hydrogen (secondary N) is 2. The molecule has 3 heteroatoms. The van der Waals surface area contributed by atoms with Crippen molar-refractivity contribution in [3.05, 3.63) is 24.2 Å². The van der Waals surface area contributed by atoms with E-state index in [2.05, 4.69) is 17.6 Å². The Labute approximate surface area is 104 Å². The minimum Gasteiger partial charge on any atom is -0.469 e. The first-order valence-corrected chi connectivity index (χ1v) is 6.84. The molecule has 0 aliphatic heterocycles. The van der Waals surface area contributed by atoms with Crippen molar-refractivity contribution in [2.75, 3.05) is 13.1 Å². The summed E-state index contributed by atoms with van der Waals surface area (Å²) in [5.74, 6) is 1.06. The summed E-state index contributed by atoms with van der Waals surface area (Å²) in [4.78, 5) is 0. The molecule has 1 unspecified atom stereocenters. The van der Waals surface area contributed by atoms with Crippen molar-refractivity contribution in [3.63, 3.8) is 0 Å². The lowest BCUT2D eigenvalue weighted by Crippen LogP contribution is -2.37. The lowest BCUT2D eigenvalue weighted by atomic mass is 10.2. The molecule has 3 nitrogen and oxygen atoms in total. The monoisotopic (exact) mass is 236 g/mol. The van der Waals surface area contributed by atoms with Gasteiger partial charge in [-0.25, -0.2) is 0 Å². The zero-order valence-corrected chi connectivity index (χ0v) is 10.7. The van der Waals surface area contributed by atoms with Crippen molar-refractivity contribution < 1.29 is 4.42 Å². The fourth-order valence-electron chi connectivity index (χ4n) is 2.53. The highest BCUT2D eigenvalue weighted by Gasteiger charge is 2.13. The van der Waals surface area contributed by atoms with E-state index in [4.69, 9.17) is 4.42 Å². The van der Waals surface area contributed by atoms with E-state index in [1.54, 1.807) is 6.26 Å². The number of hydrogen-bond acceptors (Lipinski definition) is 3. The van der Waals surface area contributed by atoms with E-state index in [1.165, 1.54) is 25.7 Å². The topological polar surface area (TPSA) is 37.2 Å². The predicted octanol–water partition coefficient (Wildman–Crippen LogP) is 2.33. The molecule has 0 amide bonds. The molecule has 1 fully saturated rings. The summed E-state index contributed by atoms with van der Waals surface area (Å²) >= 11 is 0. The van der Waals surface area contributed by atoms with Crippen LogP contribution in [0.3, 0.4) is 0 Å². The molecule has 1 saturated carbocycles. The van der Waals surface area contributed by atoms with Crippen LogP contribution >= 0.6 is 0 Å². The second-order valence-electron chi connectivity index (χ2n) is 5.07. The lowest BCUT2D eigenvalue weighted by Gasteiger charge is -2.15. The Morgan fingerprint density at radius 2 is 2.18 bits per heavy atom. The van der Waals surface area contributed by atoms with Gasteiger partial charge < -0.3 is 15.1 Å². The largest absolute Gasteiger partial charge is 0.469 e. The van der Waals surface area contributed by atoms with Crippen molar-refractivity contribution in [2.24, 2.45) is 0 Å². The molecule has 1 aromatic rings. The van der Waals surface area contributed by atoms with Gasteiger partial charge >= 0.3 is 0 Å². The van der Waals surface area contributed by atoms with Crippen molar-refractivity contribution in [1.29, 1.82) is 0 Å². The van der Waals surface area contributed by atoms with Crippen LogP contribution in [-0.2, 0) is 6.42 Å². The maximum Gasteiger partial charge on any atom is 0.105 e. The SMILES string of the molecule is CC(Cc1ccco1)NCCNC1CCCC1. The first kappa shape index (κ1) is 12.7. The smallest absolute Gasteiger partial charge is 0.105 e. The van der Waals surface area contributed by atoms with Gasteiger partial charge in [-0.1, -0.05) is 12.8 Å². The van der Waals surface area contributed by atoms with Crippen LogP contribution in [0.15, 0.2) is 22.8 Å². The Hall–Kier alpha value is -0.800. The summed E-state index contributed by atoms with van der Waals surface area (Å²) in [5, 5.41) is 7.13. The van der Waals surface area contributed by atoms with Crippen molar-refractivity contribution in [3.8, 4) is 0 Å². The molecule has 0 spiro atoms. The van der Waals surface area contributed by atoms with Gasteiger partial charge in [-0.15, -0.1) is 0 Å². The van der Waals surface area contributed by atoms with Crippen molar-refractivity contribution in [1.82, 2.24) is 10.6 Å². The van der Waals surface area contributed by atoms with E-state index in [0.717, 1.165) is 31.3 Å². The molecule has 1 heterocycles. The standard InChI is InChI=1S/C14H24N2O/c1-12(11-14-7-4-10-17-14)15-8-9-16-13-5-2-3-6-13/h4,7,10,12-13,15-16H,2-3,5-6,8-9,11H2,1H3. The summed E-state index contributed by atoms with van der Waals surface area (Å²) in [6.07, 6.45) is 8.24. The zero-order chi connectivity index (χ0) is 11.9. The third kappa shape index (κ3) is 4.52. The molecule has 17 heavy (non-hydrogen) atoms. The third-order valence-electron chi connectivity index (χ3n) is 3.49. The van der Waals surface area contributed by atoms with Gasteiger partial charge in [0.25, 0.3) is 0 Å². The second-order valence-corrected chi connectivity index (χ2v) is 5.07. The van der Waals surface area contributed by atoms with Crippen LogP contribution in [0.5, 0.6) is 0 Å². The number of hydrogen-bond donors (Lipinski definition) is 2. The minimum atomic E-state index is 0.478. The Morgan fingerprint density at radius 1 is 1.35 bits per heavy atom. The Balaban J connectivity index is 1.52. The third-order valence-corrected chi connectivity index (χ3v) is 3.49. The normalized spacial score (nSPS) is 18.6. The van der Waals surface area contributed by atoms with Crippen LogP contribution in [0.25, 0.3) is 0 Å². The summed E-state index contributed by atoms with van der Waals surface area (Å²) in [7, 11) is 0. The average molecular weight is 236 g/mol. The van der Waals surface area contributed by atoms with Crippen LogP contribution in [0.2, 0.25) is 0 Å². The molecular weight excluding hydrogens is 212 g/mol. The highest BCUT2D eigenvalue weighted by molar-refractivity contribution is 4.99. The average Bonchev–Trinajstić information content (AvgIpc) is 2.96. The first-order valence-electron chi connectivity index (χ1n) is 6.84. The van der Waals surface area contributed by atoms with E-state index in [9.17, 15) is 0 Å². The van der Waals surface area contributed by atoms with Crippen molar-refractivity contribution in [2.45, 2.75) is 51.1 Å². The fourth-order valence-corrected chi connectivity index (χ4v) is 2.53. The Bertz CT molecular complexity index is 291. The summed E-state index contributed by atoms with van der Waals surface area (Å²) in [6.45, 7) is 4.32. The van der Waals surface area contributed by atoms with Gasteiger partial charge in [0.1, 0.15) is 5.76 Å². The van der Waals surface area contributed by atoms with Gasteiger partial charge in [0.2, 0.25) is 0 Å². The van der Waals surface area contributed by atoms with Gasteiger partial charge in [-0.05, 0) is 31.9 Å². The minimum absolute atomic E-state index is 0.478. The Kier molecular flexibility index (Phi) is 5.08. The van der Waals surface area contributed by atoms with Crippen LogP contribution in [0.1, 0.15) is 38.4 Å². The van der Waals surface area contributed by atoms with E-state index in [-0.39, 0.29) is 0 Å². The fraction of sp³-hybridized carbons (Fsp3) is 0.714. The van der Waals surface area contributed by atoms with Gasteiger partial charge in [0.05, 0.1) is 6.26 Å². The van der Waals surface area contributed by atoms with Gasteiger partial charge in [0.15, 0.2) is 0 Å². The highest BCUT2D eigenvalue weighted by Crippen LogP contribution is 2.17. The van der Waals surface area contributed by atoms with Crippen molar-refractivity contribution >= 4 is 0 Å². The first-order chi connectivity index (χ1) is 8.34. The molecule has 1 atom stereocenters. The molecule has 1 aromatic heterocycles. The van der Waals surface area contributed by atoms with Gasteiger partial charge in [-0.3, -0.25) is 0 Å². The second kappa shape index (κ2) is 6.82. The van der Waals surface area contributed by atoms with Crippen LogP contribution < -0.4 is 10.6 Å². The molecule has 0 bridgehead atoms. The zero-order valence-electron chi connectivity index (χ0n) is 10.7. The van der Waals surface area contributed by atoms with E-state index < -0.39 is 0 Å². The maximum atomic E-state index is 5.34. The molecule has 2 N–H and O–H groups in total. The molecular formula is C14H24N2O. The summed E-state index contributed by atoms with van der Waals surface area (Å²) in [5.41, 5.74) is 0. The predicted molar refractivity (Wildman–Crippen MR) is 70.1 cm³/mol. The Morgan fingerprint density at radius 3 is 2.88 bits per heavy atom. The van der Waals surface area contributed by atoms with Crippen LogP contribution in [-0.4, -0.2) is 25.2 Å². The lowest BCUT2D eigenvalue weighted by molar-refractivity contribution is 0.443. The molecule has 0 saturated heterocycles. The summed E-state index contributed by atoms with van der Waals surface area (Å²) in [6, 6.07) is 5.24. The van der Waals surface area contributed by atoms with Crippen LogP contribution in [0.4, 0.5) is 0 Å². The van der Waals surface area contributed by atoms with E-state index in [0.29, 0.717) is 6.04 Å². The molecule has 96 valence electrons. The molecule has 2 rings (SSSR count). The summed E-state index contributed by atoms with van der Waals surface area (Å²) < 4.78 is 5.34. The molecule has 1 aliphatic rings. The highest BCUT2D eigenvalue weighted by atomic mass is 16.3.